The number of carbonyl (C=O) groups is 1. The quantitative estimate of drug-likeness (QED) is 0.691. The van der Waals surface area contributed by atoms with Crippen LogP contribution in [0.25, 0.3) is 0 Å². The molecule has 0 fully saturated rings. The molecule has 78 valence electrons. The number of nitrogens with one attached hydrogen (secondary N) is 1. The van der Waals surface area contributed by atoms with Gasteiger partial charge in [-0.3, -0.25) is 4.79 Å². The van der Waals surface area contributed by atoms with Crippen molar-refractivity contribution in [1.29, 1.82) is 0 Å². The summed E-state index contributed by atoms with van der Waals surface area (Å²) in [6.07, 6.45) is 1.04. The van der Waals surface area contributed by atoms with Crippen LogP contribution in [-0.4, -0.2) is 23.2 Å². The standard InChI is InChI=1S/C10H21NO2/c1-6-9(2,3)7-11-10(4,5)8(12)13/h11H,6-7H2,1-5H3,(H,12,13). The number of carboxylic acids is 1. The summed E-state index contributed by atoms with van der Waals surface area (Å²) in [7, 11) is 0. The molecule has 0 saturated carbocycles. The molecule has 13 heavy (non-hydrogen) atoms. The van der Waals surface area contributed by atoms with Crippen LogP contribution in [0.15, 0.2) is 0 Å². The first-order valence-corrected chi connectivity index (χ1v) is 4.70. The Bertz CT molecular complexity index is 185. The van der Waals surface area contributed by atoms with Crippen molar-refractivity contribution in [2.45, 2.75) is 46.6 Å². The Balaban J connectivity index is 4.09. The van der Waals surface area contributed by atoms with Crippen LogP contribution in [0.3, 0.4) is 0 Å². The zero-order valence-electron chi connectivity index (χ0n) is 9.27. The highest BCUT2D eigenvalue weighted by Gasteiger charge is 2.28. The summed E-state index contributed by atoms with van der Waals surface area (Å²) in [5.74, 6) is -0.806. The summed E-state index contributed by atoms with van der Waals surface area (Å²) in [5, 5.41) is 11.9. The van der Waals surface area contributed by atoms with E-state index in [-0.39, 0.29) is 5.41 Å². The van der Waals surface area contributed by atoms with E-state index in [1.165, 1.54) is 0 Å². The van der Waals surface area contributed by atoms with Crippen LogP contribution in [0, 0.1) is 5.41 Å². The molecule has 0 heterocycles. The lowest BCUT2D eigenvalue weighted by Crippen LogP contribution is -2.49. The topological polar surface area (TPSA) is 49.3 Å². The smallest absolute Gasteiger partial charge is 0.323 e. The van der Waals surface area contributed by atoms with E-state index in [9.17, 15) is 4.79 Å². The summed E-state index contributed by atoms with van der Waals surface area (Å²) < 4.78 is 0. The van der Waals surface area contributed by atoms with Crippen LogP contribution in [0.5, 0.6) is 0 Å². The van der Waals surface area contributed by atoms with Gasteiger partial charge in [0.15, 0.2) is 0 Å². The second-order valence-corrected chi connectivity index (χ2v) is 4.80. The minimum absolute atomic E-state index is 0.159. The maximum Gasteiger partial charge on any atom is 0.323 e. The normalized spacial score (nSPS) is 13.0. The molecular weight excluding hydrogens is 166 g/mol. The largest absolute Gasteiger partial charge is 0.480 e. The minimum atomic E-state index is -0.827. The monoisotopic (exact) mass is 187 g/mol. The van der Waals surface area contributed by atoms with Gasteiger partial charge in [0, 0.05) is 6.54 Å². The lowest BCUT2D eigenvalue weighted by molar-refractivity contribution is -0.143. The van der Waals surface area contributed by atoms with Gasteiger partial charge in [0.2, 0.25) is 0 Å². The summed E-state index contributed by atoms with van der Waals surface area (Å²) in [6.45, 7) is 10.4. The molecule has 2 N–H and O–H groups in total. The number of hydrogen-bond acceptors (Lipinski definition) is 2. The fourth-order valence-corrected chi connectivity index (χ4v) is 0.661. The molecule has 0 aliphatic heterocycles. The van der Waals surface area contributed by atoms with Crippen molar-refractivity contribution in [1.82, 2.24) is 5.32 Å². The Kier molecular flexibility index (Phi) is 3.91. The number of hydrogen-bond donors (Lipinski definition) is 2. The molecule has 0 aromatic rings. The van der Waals surface area contributed by atoms with Gasteiger partial charge in [0.05, 0.1) is 0 Å². The Morgan fingerprint density at radius 3 is 2.08 bits per heavy atom. The molecule has 0 aliphatic rings. The third-order valence-electron chi connectivity index (χ3n) is 2.50. The van der Waals surface area contributed by atoms with Gasteiger partial charge in [-0.1, -0.05) is 20.8 Å². The van der Waals surface area contributed by atoms with Gasteiger partial charge in [0.1, 0.15) is 5.54 Å². The van der Waals surface area contributed by atoms with E-state index in [2.05, 4.69) is 26.1 Å². The first kappa shape index (κ1) is 12.4. The highest BCUT2D eigenvalue weighted by molar-refractivity contribution is 5.77. The van der Waals surface area contributed by atoms with E-state index in [0.29, 0.717) is 0 Å². The second-order valence-electron chi connectivity index (χ2n) is 4.80. The third kappa shape index (κ3) is 4.27. The van der Waals surface area contributed by atoms with E-state index in [1.807, 2.05) is 0 Å². The number of aliphatic carboxylic acids is 1. The average molecular weight is 187 g/mol. The number of carboxylic acid groups (broad SMARTS) is 1. The summed E-state index contributed by atoms with van der Waals surface area (Å²) in [5.41, 5.74) is -0.668. The van der Waals surface area contributed by atoms with E-state index >= 15 is 0 Å². The minimum Gasteiger partial charge on any atom is -0.480 e. The SMILES string of the molecule is CCC(C)(C)CNC(C)(C)C(=O)O. The third-order valence-corrected chi connectivity index (χ3v) is 2.50. The first-order chi connectivity index (χ1) is 5.71. The lowest BCUT2D eigenvalue weighted by atomic mass is 9.89. The maximum absolute atomic E-state index is 10.8. The summed E-state index contributed by atoms with van der Waals surface area (Å²) in [4.78, 5) is 10.8. The van der Waals surface area contributed by atoms with E-state index < -0.39 is 11.5 Å². The first-order valence-electron chi connectivity index (χ1n) is 4.70. The van der Waals surface area contributed by atoms with Crippen molar-refractivity contribution >= 4 is 5.97 Å². The van der Waals surface area contributed by atoms with Gasteiger partial charge in [-0.25, -0.2) is 0 Å². The molecule has 3 heteroatoms. The number of rotatable bonds is 5. The molecule has 0 saturated heterocycles. The van der Waals surface area contributed by atoms with Gasteiger partial charge in [-0.2, -0.15) is 0 Å². The predicted molar refractivity (Wildman–Crippen MR) is 53.8 cm³/mol. The molecule has 0 spiro atoms. The molecule has 0 aromatic heterocycles. The zero-order valence-corrected chi connectivity index (χ0v) is 9.27. The fourth-order valence-electron chi connectivity index (χ4n) is 0.661. The van der Waals surface area contributed by atoms with E-state index in [4.69, 9.17) is 5.11 Å². The van der Waals surface area contributed by atoms with Crippen molar-refractivity contribution in [2.75, 3.05) is 6.54 Å². The van der Waals surface area contributed by atoms with Gasteiger partial charge < -0.3 is 10.4 Å². The van der Waals surface area contributed by atoms with Gasteiger partial charge >= 0.3 is 5.97 Å². The van der Waals surface area contributed by atoms with Crippen LogP contribution >= 0.6 is 0 Å². The Hall–Kier alpha value is -0.570. The van der Waals surface area contributed by atoms with E-state index in [1.54, 1.807) is 13.8 Å². The molecule has 0 unspecified atom stereocenters. The van der Waals surface area contributed by atoms with Crippen LogP contribution in [-0.2, 0) is 4.79 Å². The van der Waals surface area contributed by atoms with Crippen LogP contribution in [0.2, 0.25) is 0 Å². The fraction of sp³-hybridized carbons (Fsp3) is 0.900. The molecular formula is C10H21NO2. The van der Waals surface area contributed by atoms with Crippen molar-refractivity contribution in [3.8, 4) is 0 Å². The molecule has 0 amide bonds. The van der Waals surface area contributed by atoms with Gasteiger partial charge in [-0.15, -0.1) is 0 Å². The molecule has 0 atom stereocenters. The Labute approximate surface area is 80.5 Å². The molecule has 3 nitrogen and oxygen atoms in total. The van der Waals surface area contributed by atoms with Crippen molar-refractivity contribution in [3.05, 3.63) is 0 Å². The van der Waals surface area contributed by atoms with Gasteiger partial charge in [0.25, 0.3) is 0 Å². The summed E-state index contributed by atoms with van der Waals surface area (Å²) in [6, 6.07) is 0. The molecule has 0 bridgehead atoms. The van der Waals surface area contributed by atoms with Crippen molar-refractivity contribution in [2.24, 2.45) is 5.41 Å². The maximum atomic E-state index is 10.8. The zero-order chi connectivity index (χ0) is 10.7. The molecule has 0 radical (unpaired) electrons. The molecule has 0 aliphatic carbocycles. The highest BCUT2D eigenvalue weighted by Crippen LogP contribution is 2.19. The molecule has 0 rings (SSSR count). The molecule has 0 aromatic carbocycles. The highest BCUT2D eigenvalue weighted by atomic mass is 16.4. The van der Waals surface area contributed by atoms with Crippen molar-refractivity contribution in [3.63, 3.8) is 0 Å². The van der Waals surface area contributed by atoms with Gasteiger partial charge in [-0.05, 0) is 25.7 Å². The average Bonchev–Trinajstić information content (AvgIpc) is 2.01. The predicted octanol–water partition coefficient (Wildman–Crippen LogP) is 1.88. The Morgan fingerprint density at radius 1 is 1.31 bits per heavy atom. The van der Waals surface area contributed by atoms with E-state index in [0.717, 1.165) is 13.0 Å². The van der Waals surface area contributed by atoms with Crippen LogP contribution in [0.4, 0.5) is 0 Å². The second kappa shape index (κ2) is 4.09. The van der Waals surface area contributed by atoms with Crippen molar-refractivity contribution < 1.29 is 9.90 Å². The van der Waals surface area contributed by atoms with Crippen LogP contribution < -0.4 is 5.32 Å². The lowest BCUT2D eigenvalue weighted by Gasteiger charge is -2.29. The Morgan fingerprint density at radius 2 is 1.77 bits per heavy atom. The van der Waals surface area contributed by atoms with Crippen LogP contribution in [0.1, 0.15) is 41.0 Å². The summed E-state index contributed by atoms with van der Waals surface area (Å²) >= 11 is 0.